The number of nitrogens with one attached hydrogen (secondary N) is 1. The molecule has 4 heteroatoms. The maximum Gasteiger partial charge on any atom is 0.240 e. The molecule has 15 heavy (non-hydrogen) atoms. The summed E-state index contributed by atoms with van der Waals surface area (Å²) >= 11 is 0. The molecule has 4 nitrogen and oxygen atoms in total. The summed E-state index contributed by atoms with van der Waals surface area (Å²) in [5, 5.41) is 13.1. The number of rotatable bonds is 0. The van der Waals surface area contributed by atoms with E-state index in [4.69, 9.17) is 0 Å². The van der Waals surface area contributed by atoms with Crippen molar-refractivity contribution in [2.45, 2.75) is 13.1 Å². The minimum atomic E-state index is 0.0353. The van der Waals surface area contributed by atoms with E-state index in [2.05, 4.69) is 5.32 Å². The maximum absolute atomic E-state index is 11.3. The van der Waals surface area contributed by atoms with Crippen LogP contribution in [0.25, 0.3) is 10.9 Å². The van der Waals surface area contributed by atoms with Crippen molar-refractivity contribution in [3.63, 3.8) is 0 Å². The summed E-state index contributed by atoms with van der Waals surface area (Å²) in [4.78, 5) is 11.3. The Kier molecular flexibility index (Phi) is 1.54. The average molecular weight is 202 g/mol. The highest BCUT2D eigenvalue weighted by Gasteiger charge is 2.16. The number of benzene rings is 1. The number of hydrogen-bond donors (Lipinski definition) is 2. The van der Waals surface area contributed by atoms with Gasteiger partial charge in [-0.15, -0.1) is 0 Å². The minimum absolute atomic E-state index is 0.0353. The van der Waals surface area contributed by atoms with E-state index in [0.29, 0.717) is 13.1 Å². The topological polar surface area (TPSA) is 54.3 Å². The second-order valence-corrected chi connectivity index (χ2v) is 3.74. The number of nitrogens with zero attached hydrogens (tertiary/aromatic N) is 1. The molecule has 0 unspecified atom stereocenters. The number of carbonyl (C=O) groups excluding carboxylic acids is 1. The number of aromatic nitrogens is 1. The lowest BCUT2D eigenvalue weighted by atomic mass is 10.2. The standard InChI is InChI=1S/C11H10N2O2/c14-9-1-2-10-7(4-9)3-8-5-12-11(15)6-13(8)10/h1-4,14H,5-6H2,(H,12,15). The molecule has 0 atom stereocenters. The van der Waals surface area contributed by atoms with Gasteiger partial charge >= 0.3 is 0 Å². The molecule has 0 saturated heterocycles. The zero-order valence-corrected chi connectivity index (χ0v) is 8.03. The molecular formula is C11H10N2O2. The first kappa shape index (κ1) is 8.35. The molecule has 0 radical (unpaired) electrons. The summed E-state index contributed by atoms with van der Waals surface area (Å²) in [7, 11) is 0. The van der Waals surface area contributed by atoms with E-state index in [0.717, 1.165) is 16.6 Å². The van der Waals surface area contributed by atoms with E-state index in [1.165, 1.54) is 0 Å². The third-order valence-corrected chi connectivity index (χ3v) is 2.74. The van der Waals surface area contributed by atoms with E-state index in [1.54, 1.807) is 12.1 Å². The van der Waals surface area contributed by atoms with Crippen molar-refractivity contribution in [3.8, 4) is 5.75 Å². The molecular weight excluding hydrogens is 192 g/mol. The number of phenols is 1. The van der Waals surface area contributed by atoms with Crippen LogP contribution in [-0.2, 0) is 17.9 Å². The van der Waals surface area contributed by atoms with Crippen molar-refractivity contribution in [1.82, 2.24) is 9.88 Å². The first-order valence-corrected chi connectivity index (χ1v) is 4.82. The third-order valence-electron chi connectivity index (χ3n) is 2.74. The van der Waals surface area contributed by atoms with Gasteiger partial charge in [0.05, 0.1) is 6.54 Å². The van der Waals surface area contributed by atoms with Gasteiger partial charge in [-0.3, -0.25) is 4.79 Å². The Morgan fingerprint density at radius 1 is 1.33 bits per heavy atom. The van der Waals surface area contributed by atoms with Gasteiger partial charge in [0.15, 0.2) is 0 Å². The number of fused-ring (bicyclic) bond motifs is 3. The molecule has 2 aromatic rings. The highest BCUT2D eigenvalue weighted by atomic mass is 16.3. The monoisotopic (exact) mass is 202 g/mol. The number of aromatic hydroxyl groups is 1. The van der Waals surface area contributed by atoms with Gasteiger partial charge in [-0.2, -0.15) is 0 Å². The van der Waals surface area contributed by atoms with Gasteiger partial charge in [-0.25, -0.2) is 0 Å². The molecule has 1 amide bonds. The minimum Gasteiger partial charge on any atom is -0.508 e. The lowest BCUT2D eigenvalue weighted by Crippen LogP contribution is -2.33. The normalized spacial score (nSPS) is 15.1. The number of amides is 1. The fourth-order valence-electron chi connectivity index (χ4n) is 2.04. The summed E-state index contributed by atoms with van der Waals surface area (Å²) in [5.74, 6) is 0.290. The van der Waals surface area contributed by atoms with Gasteiger partial charge in [0.25, 0.3) is 0 Å². The predicted molar refractivity (Wildman–Crippen MR) is 55.4 cm³/mol. The fraction of sp³-hybridized carbons (Fsp3) is 0.182. The fourth-order valence-corrected chi connectivity index (χ4v) is 2.04. The van der Waals surface area contributed by atoms with E-state index in [9.17, 15) is 9.90 Å². The quantitative estimate of drug-likeness (QED) is 0.669. The van der Waals surface area contributed by atoms with Crippen LogP contribution in [0.3, 0.4) is 0 Å². The predicted octanol–water partition coefficient (Wildman–Crippen LogP) is 0.977. The smallest absolute Gasteiger partial charge is 0.240 e. The van der Waals surface area contributed by atoms with Gasteiger partial charge in [0.2, 0.25) is 5.91 Å². The zero-order valence-electron chi connectivity index (χ0n) is 8.03. The van der Waals surface area contributed by atoms with Crippen molar-refractivity contribution in [1.29, 1.82) is 0 Å². The summed E-state index contributed by atoms with van der Waals surface area (Å²) in [6.45, 7) is 0.928. The third kappa shape index (κ3) is 1.18. The lowest BCUT2D eigenvalue weighted by molar-refractivity contribution is -0.122. The van der Waals surface area contributed by atoms with Crippen LogP contribution in [0.15, 0.2) is 24.3 Å². The molecule has 0 saturated carbocycles. The van der Waals surface area contributed by atoms with E-state index < -0.39 is 0 Å². The van der Waals surface area contributed by atoms with Crippen LogP contribution in [-0.4, -0.2) is 15.6 Å². The highest BCUT2D eigenvalue weighted by molar-refractivity contribution is 5.86. The van der Waals surface area contributed by atoms with Gasteiger partial charge in [-0.1, -0.05) is 0 Å². The van der Waals surface area contributed by atoms with Crippen LogP contribution in [0.2, 0.25) is 0 Å². The van der Waals surface area contributed by atoms with Gasteiger partial charge in [-0.05, 0) is 24.3 Å². The van der Waals surface area contributed by atoms with Crippen LogP contribution in [0.4, 0.5) is 0 Å². The van der Waals surface area contributed by atoms with Crippen molar-refractivity contribution < 1.29 is 9.90 Å². The van der Waals surface area contributed by atoms with Crippen molar-refractivity contribution >= 4 is 16.8 Å². The maximum atomic E-state index is 11.3. The molecule has 76 valence electrons. The first-order valence-electron chi connectivity index (χ1n) is 4.82. The summed E-state index contributed by atoms with van der Waals surface area (Å²) < 4.78 is 1.98. The second kappa shape index (κ2) is 2.76. The number of phenolic OH excluding ortho intramolecular Hbond substituents is 1. The second-order valence-electron chi connectivity index (χ2n) is 3.74. The average Bonchev–Trinajstić information content (AvgIpc) is 2.54. The Balaban J connectivity index is 2.28. The van der Waals surface area contributed by atoms with Crippen molar-refractivity contribution in [3.05, 3.63) is 30.0 Å². The Morgan fingerprint density at radius 2 is 2.20 bits per heavy atom. The molecule has 0 fully saturated rings. The number of carbonyl (C=O) groups is 1. The van der Waals surface area contributed by atoms with Gasteiger partial charge in [0.1, 0.15) is 12.3 Å². The summed E-state index contributed by atoms with van der Waals surface area (Å²) in [5.41, 5.74) is 2.08. The van der Waals surface area contributed by atoms with Crippen LogP contribution in [0.5, 0.6) is 5.75 Å². The van der Waals surface area contributed by atoms with E-state index >= 15 is 0 Å². The molecule has 0 aliphatic carbocycles. The number of hydrogen-bond acceptors (Lipinski definition) is 2. The SMILES string of the molecule is O=C1Cn2c(cc3cc(O)ccc32)CN1. The molecule has 2 N–H and O–H groups in total. The molecule has 2 heterocycles. The Labute approximate surface area is 86.1 Å². The van der Waals surface area contributed by atoms with Crippen LogP contribution >= 0.6 is 0 Å². The Bertz CT molecular complexity index is 557. The van der Waals surface area contributed by atoms with Crippen molar-refractivity contribution in [2.75, 3.05) is 0 Å². The molecule has 0 spiro atoms. The molecule has 1 aromatic carbocycles. The summed E-state index contributed by atoms with van der Waals surface area (Å²) in [6, 6.07) is 7.19. The Hall–Kier alpha value is -1.97. The van der Waals surface area contributed by atoms with Crippen LogP contribution in [0.1, 0.15) is 5.69 Å². The highest BCUT2D eigenvalue weighted by Crippen LogP contribution is 2.25. The molecule has 3 rings (SSSR count). The first-order chi connectivity index (χ1) is 7.24. The van der Waals surface area contributed by atoms with Crippen LogP contribution < -0.4 is 5.32 Å². The van der Waals surface area contributed by atoms with E-state index in [-0.39, 0.29) is 11.7 Å². The molecule has 1 aliphatic heterocycles. The summed E-state index contributed by atoms with van der Waals surface area (Å²) in [6.07, 6.45) is 0. The largest absolute Gasteiger partial charge is 0.508 e. The molecule has 1 aromatic heterocycles. The molecule has 0 bridgehead atoms. The van der Waals surface area contributed by atoms with Crippen molar-refractivity contribution in [2.24, 2.45) is 0 Å². The molecule has 1 aliphatic rings. The van der Waals surface area contributed by atoms with Crippen LogP contribution in [0, 0.1) is 0 Å². The van der Waals surface area contributed by atoms with Gasteiger partial charge in [0, 0.05) is 16.6 Å². The lowest BCUT2D eigenvalue weighted by Gasteiger charge is -2.16. The van der Waals surface area contributed by atoms with E-state index in [1.807, 2.05) is 16.7 Å². The van der Waals surface area contributed by atoms with Gasteiger partial charge < -0.3 is 15.0 Å². The zero-order chi connectivity index (χ0) is 10.4. The Morgan fingerprint density at radius 3 is 3.07 bits per heavy atom.